The molecule has 5 nitrogen and oxygen atoms in total. The molecule has 2 atom stereocenters. The van der Waals surface area contributed by atoms with Crippen molar-refractivity contribution < 1.29 is 9.59 Å². The van der Waals surface area contributed by atoms with Gasteiger partial charge in [0.25, 0.3) is 0 Å². The lowest BCUT2D eigenvalue weighted by Gasteiger charge is -2.38. The van der Waals surface area contributed by atoms with Crippen LogP contribution in [0.2, 0.25) is 0 Å². The highest BCUT2D eigenvalue weighted by Gasteiger charge is 2.37. The minimum absolute atomic E-state index is 0.00556. The van der Waals surface area contributed by atoms with Crippen LogP contribution in [0.1, 0.15) is 19.8 Å². The number of nitrogens with two attached hydrogens (primary N) is 1. The predicted molar refractivity (Wildman–Crippen MR) is 55.0 cm³/mol. The number of nitrogens with zero attached hydrogens (tertiary/aromatic N) is 2. The smallest absolute Gasteiger partial charge is 0.239 e. The zero-order valence-electron chi connectivity index (χ0n) is 8.98. The SMILES string of the molecule is C[C@@H](N)C(=O)N1CCN2C(=O)CCC2C1. The summed E-state index contributed by atoms with van der Waals surface area (Å²) in [4.78, 5) is 26.8. The second kappa shape index (κ2) is 3.81. The summed E-state index contributed by atoms with van der Waals surface area (Å²) < 4.78 is 0. The molecule has 1 unspecified atom stereocenters. The van der Waals surface area contributed by atoms with Crippen LogP contribution in [0, 0.1) is 0 Å². The van der Waals surface area contributed by atoms with Gasteiger partial charge in [-0.1, -0.05) is 0 Å². The molecule has 0 radical (unpaired) electrons. The Bertz CT molecular complexity index is 290. The molecule has 2 aliphatic heterocycles. The number of hydrogen-bond acceptors (Lipinski definition) is 3. The number of rotatable bonds is 1. The normalized spacial score (nSPS) is 27.9. The van der Waals surface area contributed by atoms with Gasteiger partial charge in [0.15, 0.2) is 0 Å². The molecule has 2 amide bonds. The summed E-state index contributed by atoms with van der Waals surface area (Å²) in [6.45, 7) is 3.66. The van der Waals surface area contributed by atoms with E-state index < -0.39 is 6.04 Å². The van der Waals surface area contributed by atoms with Crippen molar-refractivity contribution >= 4 is 11.8 Å². The van der Waals surface area contributed by atoms with Gasteiger partial charge in [-0.3, -0.25) is 9.59 Å². The first kappa shape index (κ1) is 10.4. The molecule has 0 aromatic carbocycles. The van der Waals surface area contributed by atoms with Crippen LogP contribution in [0.3, 0.4) is 0 Å². The Morgan fingerprint density at radius 2 is 2.27 bits per heavy atom. The Balaban J connectivity index is 1.99. The van der Waals surface area contributed by atoms with Crippen molar-refractivity contribution in [3.05, 3.63) is 0 Å². The summed E-state index contributed by atoms with van der Waals surface area (Å²) in [6.07, 6.45) is 1.51. The maximum atomic E-state index is 11.7. The fourth-order valence-electron chi connectivity index (χ4n) is 2.35. The van der Waals surface area contributed by atoms with Gasteiger partial charge in [-0.05, 0) is 13.3 Å². The van der Waals surface area contributed by atoms with Crippen LogP contribution < -0.4 is 5.73 Å². The van der Waals surface area contributed by atoms with Crippen LogP contribution in [-0.4, -0.2) is 53.3 Å². The third-order valence-corrected chi connectivity index (χ3v) is 3.20. The quantitative estimate of drug-likeness (QED) is 0.615. The van der Waals surface area contributed by atoms with Crippen LogP contribution in [0.4, 0.5) is 0 Å². The van der Waals surface area contributed by atoms with Gasteiger partial charge in [0, 0.05) is 32.1 Å². The maximum Gasteiger partial charge on any atom is 0.239 e. The third kappa shape index (κ3) is 1.84. The van der Waals surface area contributed by atoms with E-state index in [-0.39, 0.29) is 17.9 Å². The molecule has 2 heterocycles. The van der Waals surface area contributed by atoms with Crippen molar-refractivity contribution in [2.24, 2.45) is 5.73 Å². The molecule has 2 fully saturated rings. The predicted octanol–water partition coefficient (Wildman–Crippen LogP) is -0.833. The van der Waals surface area contributed by atoms with Gasteiger partial charge < -0.3 is 15.5 Å². The summed E-state index contributed by atoms with van der Waals surface area (Å²) >= 11 is 0. The van der Waals surface area contributed by atoms with E-state index >= 15 is 0 Å². The first-order valence-corrected chi connectivity index (χ1v) is 5.43. The van der Waals surface area contributed by atoms with Crippen molar-refractivity contribution in [3.63, 3.8) is 0 Å². The zero-order chi connectivity index (χ0) is 11.0. The number of piperazine rings is 1. The molecule has 15 heavy (non-hydrogen) atoms. The van der Waals surface area contributed by atoms with Crippen molar-refractivity contribution in [1.29, 1.82) is 0 Å². The van der Waals surface area contributed by atoms with Crippen LogP contribution in [0.25, 0.3) is 0 Å². The highest BCUT2D eigenvalue weighted by Crippen LogP contribution is 2.22. The first-order valence-electron chi connectivity index (χ1n) is 5.43. The van der Waals surface area contributed by atoms with Gasteiger partial charge in [0.2, 0.25) is 11.8 Å². The Morgan fingerprint density at radius 1 is 1.53 bits per heavy atom. The molecule has 84 valence electrons. The molecule has 2 rings (SSSR count). The fraction of sp³-hybridized carbons (Fsp3) is 0.800. The van der Waals surface area contributed by atoms with E-state index in [4.69, 9.17) is 5.73 Å². The molecule has 0 aliphatic carbocycles. The van der Waals surface area contributed by atoms with Crippen LogP contribution in [0.15, 0.2) is 0 Å². The van der Waals surface area contributed by atoms with Gasteiger partial charge in [-0.2, -0.15) is 0 Å². The van der Waals surface area contributed by atoms with Gasteiger partial charge in [-0.25, -0.2) is 0 Å². The molecule has 5 heteroatoms. The topological polar surface area (TPSA) is 66.6 Å². The number of fused-ring (bicyclic) bond motifs is 1. The van der Waals surface area contributed by atoms with Gasteiger partial charge in [-0.15, -0.1) is 0 Å². The molecule has 2 saturated heterocycles. The highest BCUT2D eigenvalue weighted by atomic mass is 16.2. The van der Waals surface area contributed by atoms with E-state index in [9.17, 15) is 9.59 Å². The van der Waals surface area contributed by atoms with Crippen LogP contribution in [-0.2, 0) is 9.59 Å². The van der Waals surface area contributed by atoms with E-state index in [2.05, 4.69) is 0 Å². The van der Waals surface area contributed by atoms with E-state index in [0.29, 0.717) is 26.1 Å². The lowest BCUT2D eigenvalue weighted by molar-refractivity contribution is -0.139. The third-order valence-electron chi connectivity index (χ3n) is 3.20. The maximum absolute atomic E-state index is 11.7. The molecule has 0 saturated carbocycles. The van der Waals surface area contributed by atoms with Crippen molar-refractivity contribution in [2.75, 3.05) is 19.6 Å². The molecule has 0 aromatic heterocycles. The van der Waals surface area contributed by atoms with Crippen molar-refractivity contribution in [2.45, 2.75) is 31.8 Å². The summed E-state index contributed by atoms with van der Waals surface area (Å²) in [5.41, 5.74) is 5.56. The summed E-state index contributed by atoms with van der Waals surface area (Å²) in [5, 5.41) is 0. The molecule has 0 aromatic rings. The minimum atomic E-state index is -0.436. The van der Waals surface area contributed by atoms with Gasteiger partial charge in [0.1, 0.15) is 0 Å². The summed E-state index contributed by atoms with van der Waals surface area (Å²) in [7, 11) is 0. The van der Waals surface area contributed by atoms with E-state index in [1.54, 1.807) is 11.8 Å². The lowest BCUT2D eigenvalue weighted by atomic mass is 10.1. The Labute approximate surface area is 89.2 Å². The minimum Gasteiger partial charge on any atom is -0.338 e. The Kier molecular flexibility index (Phi) is 2.65. The first-order chi connectivity index (χ1) is 7.09. The Morgan fingerprint density at radius 3 is 2.93 bits per heavy atom. The van der Waals surface area contributed by atoms with Crippen LogP contribution in [0.5, 0.6) is 0 Å². The van der Waals surface area contributed by atoms with E-state index in [0.717, 1.165) is 6.42 Å². The number of hydrogen-bond donors (Lipinski definition) is 1. The summed E-state index contributed by atoms with van der Waals surface area (Å²) in [5.74, 6) is 0.224. The second-order valence-electron chi connectivity index (χ2n) is 4.35. The van der Waals surface area contributed by atoms with E-state index in [1.807, 2.05) is 4.90 Å². The molecule has 0 bridgehead atoms. The van der Waals surface area contributed by atoms with Crippen molar-refractivity contribution in [3.8, 4) is 0 Å². The average molecular weight is 211 g/mol. The highest BCUT2D eigenvalue weighted by molar-refractivity contribution is 5.83. The number of carbonyl (C=O) groups excluding carboxylic acids is 2. The monoisotopic (exact) mass is 211 g/mol. The molecule has 2 aliphatic rings. The molecular formula is C10H17N3O2. The Hall–Kier alpha value is -1.10. The summed E-state index contributed by atoms with van der Waals surface area (Å²) in [6, 6.07) is -0.206. The van der Waals surface area contributed by atoms with Crippen molar-refractivity contribution in [1.82, 2.24) is 9.80 Å². The van der Waals surface area contributed by atoms with Gasteiger partial charge in [0.05, 0.1) is 6.04 Å². The zero-order valence-corrected chi connectivity index (χ0v) is 8.98. The van der Waals surface area contributed by atoms with Crippen LogP contribution >= 0.6 is 0 Å². The standard InChI is InChI=1S/C10H17N3O2/c1-7(11)10(15)12-4-5-13-8(6-12)2-3-9(13)14/h7-8H,2-6,11H2,1H3/t7-,8?/m1/s1. The second-order valence-corrected chi connectivity index (χ2v) is 4.35. The molecule has 2 N–H and O–H groups in total. The van der Waals surface area contributed by atoms with Gasteiger partial charge >= 0.3 is 0 Å². The molecule has 0 spiro atoms. The largest absolute Gasteiger partial charge is 0.338 e. The fourth-order valence-corrected chi connectivity index (χ4v) is 2.35. The molecular weight excluding hydrogens is 194 g/mol. The number of carbonyl (C=O) groups is 2. The number of amides is 2. The average Bonchev–Trinajstić information content (AvgIpc) is 2.59. The lowest BCUT2D eigenvalue weighted by Crippen LogP contribution is -2.55. The van der Waals surface area contributed by atoms with E-state index in [1.165, 1.54) is 0 Å².